The molecule has 2 aromatic heterocycles. The van der Waals surface area contributed by atoms with Gasteiger partial charge in [0.2, 0.25) is 0 Å². The van der Waals surface area contributed by atoms with Crippen molar-refractivity contribution in [1.82, 2.24) is 15.0 Å². The number of carbonyl (C=O) groups excluding carboxylic acids is 1. The third-order valence-electron chi connectivity index (χ3n) is 5.20. The van der Waals surface area contributed by atoms with E-state index >= 15 is 0 Å². The van der Waals surface area contributed by atoms with Crippen molar-refractivity contribution < 1.29 is 18.4 Å². The van der Waals surface area contributed by atoms with E-state index in [0.717, 1.165) is 28.2 Å². The summed E-state index contributed by atoms with van der Waals surface area (Å²) in [6, 6.07) is 10.9. The van der Waals surface area contributed by atoms with E-state index in [1.165, 1.54) is 23.0 Å². The van der Waals surface area contributed by atoms with E-state index < -0.39 is 20.5 Å². The summed E-state index contributed by atoms with van der Waals surface area (Å²) in [5, 5.41) is 10.9. The number of fused-ring (bicyclic) bond motifs is 1. The van der Waals surface area contributed by atoms with Gasteiger partial charge in [0.05, 0.1) is 0 Å². The summed E-state index contributed by atoms with van der Waals surface area (Å²) in [7, 11) is -3.82. The van der Waals surface area contributed by atoms with Gasteiger partial charge in [-0.15, -0.1) is 0 Å². The van der Waals surface area contributed by atoms with Crippen LogP contribution in [-0.2, 0) is 21.2 Å². The van der Waals surface area contributed by atoms with Gasteiger partial charge in [0.15, 0.2) is 14.6 Å². The van der Waals surface area contributed by atoms with Crippen LogP contribution in [0, 0.1) is 0 Å². The fourth-order valence-corrected chi connectivity index (χ4v) is 3.90. The summed E-state index contributed by atoms with van der Waals surface area (Å²) in [5.74, 6) is -1.03. The monoisotopic (exact) mass is 415 g/mol. The van der Waals surface area contributed by atoms with Crippen LogP contribution in [0.15, 0.2) is 59.8 Å². The van der Waals surface area contributed by atoms with Gasteiger partial charge in [-0.2, -0.15) is 0 Å². The van der Waals surface area contributed by atoms with E-state index in [-0.39, 0.29) is 18.5 Å². The summed E-state index contributed by atoms with van der Waals surface area (Å²) >= 11 is 0. The standard InChI is InChI=1S/C20H21N3O5S/c1-20(19(25)22-26,29(2,27)28)7-10-23-9-6-16(12-18(23)24)15-4-3-14-5-8-21-13-17(14)11-15/h3-6,8-9,11-13,26H,7,10H2,1-2H3,(H,22,25). The normalized spacial score (nSPS) is 13.8. The number of aryl methyl sites for hydroxylation is 1. The van der Waals surface area contributed by atoms with Crippen LogP contribution >= 0.6 is 0 Å². The van der Waals surface area contributed by atoms with Crippen molar-refractivity contribution in [3.8, 4) is 11.1 Å². The lowest BCUT2D eigenvalue weighted by atomic mass is 10.0. The molecule has 9 heteroatoms. The van der Waals surface area contributed by atoms with Gasteiger partial charge in [-0.1, -0.05) is 12.1 Å². The maximum absolute atomic E-state index is 12.5. The lowest BCUT2D eigenvalue weighted by Gasteiger charge is -2.25. The molecule has 3 aromatic rings. The lowest BCUT2D eigenvalue weighted by molar-refractivity contribution is -0.131. The van der Waals surface area contributed by atoms with Gasteiger partial charge in [0.25, 0.3) is 11.5 Å². The summed E-state index contributed by atoms with van der Waals surface area (Å²) in [6.45, 7) is 1.22. The number of hydrogen-bond donors (Lipinski definition) is 2. The molecule has 1 unspecified atom stereocenters. The number of pyridine rings is 2. The molecule has 2 heterocycles. The second-order valence-corrected chi connectivity index (χ2v) is 9.52. The van der Waals surface area contributed by atoms with Crippen LogP contribution in [0.1, 0.15) is 13.3 Å². The number of sulfone groups is 1. The smallest absolute Gasteiger partial charge is 0.264 e. The van der Waals surface area contributed by atoms with Crippen molar-refractivity contribution in [2.45, 2.75) is 24.6 Å². The van der Waals surface area contributed by atoms with Crippen LogP contribution in [0.4, 0.5) is 0 Å². The zero-order valence-electron chi connectivity index (χ0n) is 16.0. The molecule has 0 aliphatic rings. The largest absolute Gasteiger partial charge is 0.315 e. The number of hydroxylamine groups is 1. The fourth-order valence-electron chi connectivity index (χ4n) is 3.06. The molecule has 29 heavy (non-hydrogen) atoms. The van der Waals surface area contributed by atoms with Gasteiger partial charge in [0.1, 0.15) is 0 Å². The topological polar surface area (TPSA) is 118 Å². The Morgan fingerprint density at radius 2 is 1.90 bits per heavy atom. The quantitative estimate of drug-likeness (QED) is 0.468. The van der Waals surface area contributed by atoms with Crippen LogP contribution in [0.5, 0.6) is 0 Å². The molecule has 0 radical (unpaired) electrons. The zero-order valence-corrected chi connectivity index (χ0v) is 16.8. The second kappa shape index (κ2) is 7.76. The van der Waals surface area contributed by atoms with Gasteiger partial charge in [-0.25, -0.2) is 13.9 Å². The first-order chi connectivity index (χ1) is 13.7. The number of hydrogen-bond acceptors (Lipinski definition) is 6. The Bertz CT molecular complexity index is 1240. The van der Waals surface area contributed by atoms with Crippen molar-refractivity contribution >= 4 is 26.5 Å². The summed E-state index contributed by atoms with van der Waals surface area (Å²) in [4.78, 5) is 28.5. The second-order valence-electron chi connectivity index (χ2n) is 7.08. The molecular weight excluding hydrogens is 394 g/mol. The highest BCUT2D eigenvalue weighted by Gasteiger charge is 2.43. The first kappa shape index (κ1) is 20.7. The van der Waals surface area contributed by atoms with Crippen molar-refractivity contribution in [3.63, 3.8) is 0 Å². The number of nitrogens with one attached hydrogen (secondary N) is 1. The molecule has 1 amide bonds. The number of aromatic nitrogens is 2. The molecule has 152 valence electrons. The molecule has 1 atom stereocenters. The highest BCUT2D eigenvalue weighted by molar-refractivity contribution is 7.92. The maximum Gasteiger partial charge on any atom is 0.264 e. The SMILES string of the molecule is CC(CCn1ccc(-c2ccc3ccncc3c2)cc1=O)(C(=O)NO)S(C)(=O)=O. The van der Waals surface area contributed by atoms with E-state index in [0.29, 0.717) is 0 Å². The van der Waals surface area contributed by atoms with E-state index in [1.807, 2.05) is 24.3 Å². The van der Waals surface area contributed by atoms with Gasteiger partial charge in [-0.05, 0) is 48.1 Å². The molecule has 0 bridgehead atoms. The molecule has 0 aliphatic heterocycles. The lowest BCUT2D eigenvalue weighted by Crippen LogP contribution is -2.49. The molecule has 0 spiro atoms. The number of carbonyl (C=O) groups is 1. The molecule has 0 saturated heterocycles. The predicted molar refractivity (Wildman–Crippen MR) is 109 cm³/mol. The molecule has 0 saturated carbocycles. The average molecular weight is 415 g/mol. The van der Waals surface area contributed by atoms with E-state index in [2.05, 4.69) is 4.98 Å². The Labute approximate surface area is 167 Å². The van der Waals surface area contributed by atoms with Crippen molar-refractivity contribution in [3.05, 3.63) is 65.3 Å². The minimum atomic E-state index is -3.82. The number of amides is 1. The minimum absolute atomic E-state index is 0.00224. The third-order valence-corrected chi connectivity index (χ3v) is 7.23. The van der Waals surface area contributed by atoms with Crippen molar-refractivity contribution in [1.29, 1.82) is 0 Å². The van der Waals surface area contributed by atoms with Crippen LogP contribution in [-0.4, -0.2) is 40.1 Å². The summed E-state index contributed by atoms with van der Waals surface area (Å²) in [5.41, 5.74) is 2.65. The number of nitrogens with zero attached hydrogens (tertiary/aromatic N) is 2. The van der Waals surface area contributed by atoms with E-state index in [4.69, 9.17) is 5.21 Å². The van der Waals surface area contributed by atoms with E-state index in [9.17, 15) is 18.0 Å². The zero-order chi connectivity index (χ0) is 21.2. The Kier molecular flexibility index (Phi) is 5.54. The highest BCUT2D eigenvalue weighted by atomic mass is 32.2. The van der Waals surface area contributed by atoms with Crippen LogP contribution in [0.3, 0.4) is 0 Å². The van der Waals surface area contributed by atoms with Gasteiger partial charge in [0, 0.05) is 42.8 Å². The molecule has 8 nitrogen and oxygen atoms in total. The van der Waals surface area contributed by atoms with Crippen LogP contribution in [0.25, 0.3) is 21.9 Å². The Morgan fingerprint density at radius 3 is 2.55 bits per heavy atom. The third kappa shape index (κ3) is 4.06. The maximum atomic E-state index is 12.5. The molecule has 1 aromatic carbocycles. The average Bonchev–Trinajstić information content (AvgIpc) is 2.70. The Hall–Kier alpha value is -3.04. The summed E-state index contributed by atoms with van der Waals surface area (Å²) in [6.07, 6.45) is 5.77. The van der Waals surface area contributed by atoms with Gasteiger partial charge < -0.3 is 4.57 Å². The predicted octanol–water partition coefficient (Wildman–Crippen LogP) is 1.76. The first-order valence-electron chi connectivity index (χ1n) is 8.84. The van der Waals surface area contributed by atoms with Crippen LogP contribution < -0.4 is 11.0 Å². The molecule has 0 aliphatic carbocycles. The fraction of sp³-hybridized carbons (Fsp3) is 0.250. The highest BCUT2D eigenvalue weighted by Crippen LogP contribution is 2.24. The minimum Gasteiger partial charge on any atom is -0.315 e. The van der Waals surface area contributed by atoms with Gasteiger partial charge in [-0.3, -0.25) is 19.8 Å². The van der Waals surface area contributed by atoms with Crippen molar-refractivity contribution in [2.24, 2.45) is 0 Å². The van der Waals surface area contributed by atoms with E-state index in [1.54, 1.807) is 24.7 Å². The summed E-state index contributed by atoms with van der Waals surface area (Å²) < 4.78 is 23.6. The van der Waals surface area contributed by atoms with Crippen molar-refractivity contribution in [2.75, 3.05) is 6.26 Å². The molecule has 0 fully saturated rings. The number of benzene rings is 1. The first-order valence-corrected chi connectivity index (χ1v) is 10.7. The molecule has 3 rings (SSSR count). The molecule has 2 N–H and O–H groups in total. The van der Waals surface area contributed by atoms with Gasteiger partial charge >= 0.3 is 0 Å². The Morgan fingerprint density at radius 1 is 1.17 bits per heavy atom. The Balaban J connectivity index is 1.87. The number of rotatable bonds is 6. The van der Waals surface area contributed by atoms with Crippen LogP contribution in [0.2, 0.25) is 0 Å². The molecular formula is C20H21N3O5S.